The summed E-state index contributed by atoms with van der Waals surface area (Å²) < 4.78 is 26.3. The highest BCUT2D eigenvalue weighted by Gasteiger charge is 2.48. The number of hydrogen-bond donors (Lipinski definition) is 0. The highest BCUT2D eigenvalue weighted by Crippen LogP contribution is 2.33. The van der Waals surface area contributed by atoms with Gasteiger partial charge in [0.05, 0.1) is 25.9 Å². The molecular formula is C30H38O4Si. The second kappa shape index (κ2) is 13.1. The maximum Gasteiger partial charge on any atom is 0.680 e. The molecule has 4 rings (SSSR count). The Kier molecular flexibility index (Phi) is 9.69. The van der Waals surface area contributed by atoms with Crippen LogP contribution in [0.2, 0.25) is 0 Å². The van der Waals surface area contributed by atoms with E-state index in [0.717, 1.165) is 35.4 Å². The van der Waals surface area contributed by atoms with Gasteiger partial charge in [0.2, 0.25) is 0 Å². The van der Waals surface area contributed by atoms with Gasteiger partial charge in [0.25, 0.3) is 0 Å². The fourth-order valence-electron chi connectivity index (χ4n) is 4.54. The third-order valence-electron chi connectivity index (χ3n) is 6.75. The van der Waals surface area contributed by atoms with Gasteiger partial charge in [-0.25, -0.2) is 0 Å². The highest BCUT2D eigenvalue weighted by atomic mass is 28.4. The molecule has 4 nitrogen and oxygen atoms in total. The van der Waals surface area contributed by atoms with Crippen LogP contribution in [-0.4, -0.2) is 15.2 Å². The SMILES string of the molecule is CC(C)C1CCC(O[Si](OCc2ccccc2)(OCc2ccccc2)OCc2ccccc2)CC1. The van der Waals surface area contributed by atoms with Crippen molar-refractivity contribution in [2.45, 2.75) is 65.5 Å². The van der Waals surface area contributed by atoms with Gasteiger partial charge >= 0.3 is 9.05 Å². The van der Waals surface area contributed by atoms with Crippen LogP contribution in [0.25, 0.3) is 0 Å². The molecule has 1 saturated carbocycles. The molecule has 0 amide bonds. The molecule has 0 spiro atoms. The molecule has 0 radical (unpaired) electrons. The van der Waals surface area contributed by atoms with E-state index in [2.05, 4.69) is 50.2 Å². The van der Waals surface area contributed by atoms with Gasteiger partial charge in [0.15, 0.2) is 0 Å². The van der Waals surface area contributed by atoms with Gasteiger partial charge in [-0.1, -0.05) is 105 Å². The Morgan fingerprint density at radius 1 is 0.600 bits per heavy atom. The number of hydrogen-bond acceptors (Lipinski definition) is 4. The predicted octanol–water partition coefficient (Wildman–Crippen LogP) is 7.30. The molecule has 1 aliphatic rings. The number of rotatable bonds is 12. The van der Waals surface area contributed by atoms with E-state index in [4.69, 9.17) is 17.7 Å². The lowest BCUT2D eigenvalue weighted by molar-refractivity contribution is -0.0772. The fraction of sp³-hybridized carbons (Fsp3) is 0.400. The van der Waals surface area contributed by atoms with Gasteiger partial charge in [-0.3, -0.25) is 0 Å². The molecule has 0 N–H and O–H groups in total. The van der Waals surface area contributed by atoms with Crippen molar-refractivity contribution in [3.05, 3.63) is 108 Å². The Morgan fingerprint density at radius 3 is 1.31 bits per heavy atom. The van der Waals surface area contributed by atoms with Crippen LogP contribution in [0.15, 0.2) is 91.0 Å². The Morgan fingerprint density at radius 2 is 0.971 bits per heavy atom. The molecule has 0 aliphatic heterocycles. The lowest BCUT2D eigenvalue weighted by Crippen LogP contribution is -2.51. The zero-order chi connectivity index (χ0) is 24.3. The van der Waals surface area contributed by atoms with Gasteiger partial charge in [-0.05, 0) is 54.2 Å². The molecule has 5 heteroatoms. The minimum Gasteiger partial charge on any atom is -0.348 e. The van der Waals surface area contributed by atoms with Crippen molar-refractivity contribution < 1.29 is 17.7 Å². The smallest absolute Gasteiger partial charge is 0.348 e. The molecule has 0 unspecified atom stereocenters. The molecule has 186 valence electrons. The van der Waals surface area contributed by atoms with E-state index >= 15 is 0 Å². The van der Waals surface area contributed by atoms with E-state index in [1.807, 2.05) is 54.6 Å². The highest BCUT2D eigenvalue weighted by molar-refractivity contribution is 6.53. The van der Waals surface area contributed by atoms with Crippen LogP contribution < -0.4 is 0 Å². The van der Waals surface area contributed by atoms with Crippen molar-refractivity contribution >= 4 is 9.05 Å². The van der Waals surface area contributed by atoms with E-state index in [0.29, 0.717) is 25.7 Å². The van der Waals surface area contributed by atoms with Gasteiger partial charge in [-0.2, -0.15) is 0 Å². The lowest BCUT2D eigenvalue weighted by atomic mass is 9.81. The number of benzene rings is 3. The molecule has 3 aromatic carbocycles. The Balaban J connectivity index is 1.54. The summed E-state index contributed by atoms with van der Waals surface area (Å²) in [6.45, 7) is 5.80. The minimum absolute atomic E-state index is 0.0824. The summed E-state index contributed by atoms with van der Waals surface area (Å²) in [5.74, 6) is 1.46. The van der Waals surface area contributed by atoms with E-state index in [-0.39, 0.29) is 6.10 Å². The first-order valence-electron chi connectivity index (χ1n) is 12.8. The predicted molar refractivity (Wildman–Crippen MR) is 141 cm³/mol. The summed E-state index contributed by atoms with van der Waals surface area (Å²) in [4.78, 5) is 0. The molecule has 1 aliphatic carbocycles. The second-order valence-corrected chi connectivity index (χ2v) is 11.8. The van der Waals surface area contributed by atoms with Crippen LogP contribution in [0.4, 0.5) is 0 Å². The summed E-state index contributed by atoms with van der Waals surface area (Å²) in [7, 11) is -3.48. The Hall–Kier alpha value is -2.28. The summed E-state index contributed by atoms with van der Waals surface area (Å²) in [5, 5.41) is 0. The molecule has 35 heavy (non-hydrogen) atoms. The van der Waals surface area contributed by atoms with Crippen molar-refractivity contribution in [2.75, 3.05) is 0 Å². The minimum atomic E-state index is -3.48. The van der Waals surface area contributed by atoms with Crippen LogP contribution >= 0.6 is 0 Å². The third kappa shape index (κ3) is 8.12. The third-order valence-corrected chi connectivity index (χ3v) is 8.86. The largest absolute Gasteiger partial charge is 0.680 e. The Bertz CT molecular complexity index is 867. The summed E-state index contributed by atoms with van der Waals surface area (Å²) in [5.41, 5.74) is 3.22. The van der Waals surface area contributed by atoms with Crippen LogP contribution in [0.5, 0.6) is 0 Å². The second-order valence-electron chi connectivity index (χ2n) is 9.72. The van der Waals surface area contributed by atoms with Gasteiger partial charge in [0, 0.05) is 0 Å². The van der Waals surface area contributed by atoms with Crippen molar-refractivity contribution in [1.82, 2.24) is 0 Å². The van der Waals surface area contributed by atoms with Gasteiger partial charge in [0.1, 0.15) is 0 Å². The molecule has 0 aromatic heterocycles. The molecular weight excluding hydrogens is 452 g/mol. The van der Waals surface area contributed by atoms with E-state index in [1.165, 1.54) is 12.8 Å². The lowest BCUT2D eigenvalue weighted by Gasteiger charge is -2.36. The summed E-state index contributed by atoms with van der Waals surface area (Å²) in [6, 6.07) is 30.5. The van der Waals surface area contributed by atoms with Crippen LogP contribution in [0, 0.1) is 11.8 Å². The molecule has 3 aromatic rings. The van der Waals surface area contributed by atoms with Gasteiger partial charge < -0.3 is 17.7 Å². The van der Waals surface area contributed by atoms with Crippen LogP contribution in [-0.2, 0) is 37.5 Å². The zero-order valence-corrected chi connectivity index (χ0v) is 22.0. The first-order chi connectivity index (χ1) is 17.1. The Labute approximate surface area is 211 Å². The average molecular weight is 491 g/mol. The van der Waals surface area contributed by atoms with Crippen molar-refractivity contribution in [3.63, 3.8) is 0 Å². The van der Waals surface area contributed by atoms with E-state index < -0.39 is 9.05 Å². The molecule has 0 saturated heterocycles. The first-order valence-corrected chi connectivity index (χ1v) is 14.5. The quantitative estimate of drug-likeness (QED) is 0.250. The molecule has 0 heterocycles. The topological polar surface area (TPSA) is 36.9 Å². The summed E-state index contributed by atoms with van der Waals surface area (Å²) >= 11 is 0. The maximum atomic E-state index is 6.74. The first kappa shape index (κ1) is 25.8. The normalized spacial score (nSPS) is 18.6. The van der Waals surface area contributed by atoms with Crippen molar-refractivity contribution in [1.29, 1.82) is 0 Å². The average Bonchev–Trinajstić information content (AvgIpc) is 2.91. The standard InChI is InChI=1S/C30H38O4Si/c1-25(2)29-18-20-30(21-19-29)34-35(31-22-26-12-6-3-7-13-26,32-23-27-14-8-4-9-15-27)33-24-28-16-10-5-11-17-28/h3-17,25,29-30H,18-24H2,1-2H3. The fourth-order valence-corrected chi connectivity index (χ4v) is 6.67. The molecule has 1 fully saturated rings. The maximum absolute atomic E-state index is 6.74. The van der Waals surface area contributed by atoms with Gasteiger partial charge in [-0.15, -0.1) is 0 Å². The molecule has 0 bridgehead atoms. The zero-order valence-electron chi connectivity index (χ0n) is 21.0. The van der Waals surface area contributed by atoms with Crippen LogP contribution in [0.3, 0.4) is 0 Å². The monoisotopic (exact) mass is 490 g/mol. The van der Waals surface area contributed by atoms with Crippen LogP contribution in [0.1, 0.15) is 56.2 Å². The van der Waals surface area contributed by atoms with E-state index in [1.54, 1.807) is 0 Å². The summed E-state index contributed by atoms with van der Waals surface area (Å²) in [6.07, 6.45) is 4.44. The van der Waals surface area contributed by atoms with Crippen molar-refractivity contribution in [3.8, 4) is 0 Å². The molecule has 0 atom stereocenters. The van der Waals surface area contributed by atoms with Crippen molar-refractivity contribution in [2.24, 2.45) is 11.8 Å². The van der Waals surface area contributed by atoms with E-state index in [9.17, 15) is 0 Å².